The van der Waals surface area contributed by atoms with Gasteiger partial charge in [0.15, 0.2) is 0 Å². The molecule has 2 heterocycles. The molecule has 1 aromatic carbocycles. The zero-order valence-corrected chi connectivity index (χ0v) is 12.1. The van der Waals surface area contributed by atoms with Crippen molar-refractivity contribution >= 4 is 23.1 Å². The first-order valence-electron chi connectivity index (χ1n) is 6.84. The quantitative estimate of drug-likeness (QED) is 0.689. The van der Waals surface area contributed by atoms with Gasteiger partial charge in [-0.1, -0.05) is 12.1 Å². The number of imidazole rings is 1. The number of carbonyl (C=O) groups is 1. The number of aliphatic hydroxyl groups is 1. The molecular weight excluding hydrogens is 280 g/mol. The molecule has 2 aromatic heterocycles. The lowest BCUT2D eigenvalue weighted by molar-refractivity contribution is -0.114. The number of benzene rings is 1. The molecule has 22 heavy (non-hydrogen) atoms. The fourth-order valence-electron chi connectivity index (χ4n) is 2.33. The minimum Gasteiger partial charge on any atom is -0.392 e. The summed E-state index contributed by atoms with van der Waals surface area (Å²) < 4.78 is 1.77. The Morgan fingerprint density at radius 1 is 1.32 bits per heavy atom. The minimum atomic E-state index is -0.114. The molecule has 0 aliphatic heterocycles. The van der Waals surface area contributed by atoms with E-state index in [1.54, 1.807) is 34.9 Å². The number of nitrogen functional groups attached to an aromatic ring is 1. The van der Waals surface area contributed by atoms with Crippen molar-refractivity contribution in [3.05, 3.63) is 48.2 Å². The molecule has 0 unspecified atom stereocenters. The van der Waals surface area contributed by atoms with E-state index in [0.29, 0.717) is 17.2 Å². The standard InChI is InChI=1S/C16H16N4O2/c1-10(22)18-13-4-2-12(3-5-13)15-16(17)20-7-6-11(9-21)8-14(20)19-15/h2-8,21H,9,17H2,1H3,(H,18,22). The molecule has 0 aliphatic rings. The molecule has 3 aromatic rings. The van der Waals surface area contributed by atoms with E-state index in [9.17, 15) is 9.90 Å². The van der Waals surface area contributed by atoms with Crippen LogP contribution in [-0.2, 0) is 11.4 Å². The summed E-state index contributed by atoms with van der Waals surface area (Å²) in [6.45, 7) is 1.43. The molecule has 4 N–H and O–H groups in total. The molecule has 0 spiro atoms. The lowest BCUT2D eigenvalue weighted by Gasteiger charge is -2.03. The topological polar surface area (TPSA) is 92.6 Å². The Kier molecular flexibility index (Phi) is 3.52. The van der Waals surface area contributed by atoms with Crippen molar-refractivity contribution in [1.29, 1.82) is 0 Å². The van der Waals surface area contributed by atoms with Gasteiger partial charge in [-0.05, 0) is 29.8 Å². The molecule has 0 bridgehead atoms. The summed E-state index contributed by atoms with van der Waals surface area (Å²) in [5.74, 6) is 0.420. The predicted octanol–water partition coefficient (Wildman–Crippen LogP) is 2.03. The molecule has 112 valence electrons. The molecule has 6 heteroatoms. The van der Waals surface area contributed by atoms with Crippen molar-refractivity contribution in [2.24, 2.45) is 0 Å². The SMILES string of the molecule is CC(=O)Nc1ccc(-c2nc3cc(CO)ccn3c2N)cc1. The fourth-order valence-corrected chi connectivity index (χ4v) is 2.33. The number of hydrogen-bond acceptors (Lipinski definition) is 4. The van der Waals surface area contributed by atoms with Crippen molar-refractivity contribution in [1.82, 2.24) is 9.38 Å². The van der Waals surface area contributed by atoms with Gasteiger partial charge in [-0.15, -0.1) is 0 Å². The molecule has 3 rings (SSSR count). The molecule has 0 radical (unpaired) electrons. The highest BCUT2D eigenvalue weighted by atomic mass is 16.3. The Labute approximate surface area is 127 Å². The zero-order valence-electron chi connectivity index (χ0n) is 12.1. The second kappa shape index (κ2) is 5.50. The number of hydrogen-bond donors (Lipinski definition) is 3. The van der Waals surface area contributed by atoms with Crippen molar-refractivity contribution in [2.45, 2.75) is 13.5 Å². The fraction of sp³-hybridized carbons (Fsp3) is 0.125. The summed E-state index contributed by atoms with van der Waals surface area (Å²) in [5.41, 5.74) is 9.87. The maximum atomic E-state index is 11.0. The highest BCUT2D eigenvalue weighted by Gasteiger charge is 2.11. The monoisotopic (exact) mass is 296 g/mol. The van der Waals surface area contributed by atoms with E-state index < -0.39 is 0 Å². The van der Waals surface area contributed by atoms with E-state index >= 15 is 0 Å². The van der Waals surface area contributed by atoms with Gasteiger partial charge >= 0.3 is 0 Å². The maximum absolute atomic E-state index is 11.0. The van der Waals surface area contributed by atoms with E-state index in [2.05, 4.69) is 10.3 Å². The highest BCUT2D eigenvalue weighted by Crippen LogP contribution is 2.27. The Bertz CT molecular complexity index is 837. The van der Waals surface area contributed by atoms with E-state index in [1.165, 1.54) is 6.92 Å². The number of aromatic nitrogens is 2. The van der Waals surface area contributed by atoms with Gasteiger partial charge < -0.3 is 16.2 Å². The summed E-state index contributed by atoms with van der Waals surface area (Å²) in [7, 11) is 0. The van der Waals surface area contributed by atoms with Gasteiger partial charge in [0.05, 0.1) is 6.61 Å². The molecule has 0 saturated heterocycles. The lowest BCUT2D eigenvalue weighted by atomic mass is 10.1. The molecule has 1 amide bonds. The number of nitrogens with two attached hydrogens (primary N) is 1. The van der Waals surface area contributed by atoms with Crippen LogP contribution in [0.3, 0.4) is 0 Å². The summed E-state index contributed by atoms with van der Waals surface area (Å²) in [5, 5.41) is 11.9. The zero-order chi connectivity index (χ0) is 15.7. The van der Waals surface area contributed by atoms with Gasteiger partial charge in [-0.2, -0.15) is 0 Å². The van der Waals surface area contributed by atoms with Gasteiger partial charge in [-0.25, -0.2) is 4.98 Å². The van der Waals surface area contributed by atoms with Gasteiger partial charge in [0.2, 0.25) is 5.91 Å². The van der Waals surface area contributed by atoms with Gasteiger partial charge in [0.25, 0.3) is 0 Å². The van der Waals surface area contributed by atoms with Crippen LogP contribution >= 0.6 is 0 Å². The van der Waals surface area contributed by atoms with Crippen molar-refractivity contribution in [3.63, 3.8) is 0 Å². The third-order valence-corrected chi connectivity index (χ3v) is 3.39. The second-order valence-corrected chi connectivity index (χ2v) is 5.03. The third kappa shape index (κ3) is 2.51. The Morgan fingerprint density at radius 3 is 2.68 bits per heavy atom. The average Bonchev–Trinajstić information content (AvgIpc) is 2.84. The van der Waals surface area contributed by atoms with Crippen LogP contribution in [0.4, 0.5) is 11.5 Å². The van der Waals surface area contributed by atoms with E-state index in [-0.39, 0.29) is 12.5 Å². The average molecular weight is 296 g/mol. The molecule has 0 aliphatic carbocycles. The number of pyridine rings is 1. The van der Waals surface area contributed by atoms with Crippen LogP contribution in [-0.4, -0.2) is 20.4 Å². The molecule has 0 saturated carbocycles. The van der Waals surface area contributed by atoms with Crippen LogP contribution in [0.1, 0.15) is 12.5 Å². The third-order valence-electron chi connectivity index (χ3n) is 3.39. The van der Waals surface area contributed by atoms with Crippen LogP contribution in [0.5, 0.6) is 0 Å². The number of amides is 1. The van der Waals surface area contributed by atoms with Crippen molar-refractivity contribution in [2.75, 3.05) is 11.1 Å². The minimum absolute atomic E-state index is 0.0377. The molecule has 0 fully saturated rings. The van der Waals surface area contributed by atoms with Gasteiger partial charge in [0.1, 0.15) is 17.2 Å². The van der Waals surface area contributed by atoms with Crippen LogP contribution in [0.25, 0.3) is 16.9 Å². The van der Waals surface area contributed by atoms with E-state index in [1.807, 2.05) is 12.1 Å². The Balaban J connectivity index is 2.02. The highest BCUT2D eigenvalue weighted by molar-refractivity contribution is 5.89. The van der Waals surface area contributed by atoms with Gasteiger partial charge in [0, 0.05) is 24.4 Å². The van der Waals surface area contributed by atoms with E-state index in [4.69, 9.17) is 5.73 Å². The number of anilines is 2. The smallest absolute Gasteiger partial charge is 0.221 e. The molecule has 0 atom stereocenters. The largest absolute Gasteiger partial charge is 0.392 e. The number of carbonyl (C=O) groups excluding carboxylic acids is 1. The van der Waals surface area contributed by atoms with Gasteiger partial charge in [-0.3, -0.25) is 9.20 Å². The number of fused-ring (bicyclic) bond motifs is 1. The maximum Gasteiger partial charge on any atom is 0.221 e. The summed E-state index contributed by atoms with van der Waals surface area (Å²) in [4.78, 5) is 15.6. The van der Waals surface area contributed by atoms with E-state index in [0.717, 1.165) is 16.8 Å². The second-order valence-electron chi connectivity index (χ2n) is 5.03. The Morgan fingerprint density at radius 2 is 2.05 bits per heavy atom. The number of nitrogens with one attached hydrogen (secondary N) is 1. The Hall–Kier alpha value is -2.86. The lowest BCUT2D eigenvalue weighted by Crippen LogP contribution is -2.05. The normalized spacial score (nSPS) is 10.8. The molecule has 6 nitrogen and oxygen atoms in total. The van der Waals surface area contributed by atoms with Crippen LogP contribution in [0.15, 0.2) is 42.6 Å². The first-order valence-corrected chi connectivity index (χ1v) is 6.84. The van der Waals surface area contributed by atoms with Crippen molar-refractivity contribution in [3.8, 4) is 11.3 Å². The van der Waals surface area contributed by atoms with Crippen molar-refractivity contribution < 1.29 is 9.90 Å². The first kappa shape index (κ1) is 14.1. The predicted molar refractivity (Wildman–Crippen MR) is 85.3 cm³/mol. The number of rotatable bonds is 3. The van der Waals surface area contributed by atoms with Crippen LogP contribution in [0.2, 0.25) is 0 Å². The summed E-state index contributed by atoms with van der Waals surface area (Å²) in [6, 6.07) is 10.9. The number of nitrogens with zero attached hydrogens (tertiary/aromatic N) is 2. The number of aliphatic hydroxyl groups excluding tert-OH is 1. The van der Waals surface area contributed by atoms with Crippen LogP contribution in [0, 0.1) is 0 Å². The summed E-state index contributed by atoms with van der Waals surface area (Å²) in [6.07, 6.45) is 1.79. The van der Waals surface area contributed by atoms with Crippen LogP contribution < -0.4 is 11.1 Å². The molecular formula is C16H16N4O2. The summed E-state index contributed by atoms with van der Waals surface area (Å²) >= 11 is 0. The first-order chi connectivity index (χ1) is 10.6.